The molecule has 0 aliphatic carbocycles. The molecule has 3 rings (SSSR count). The molecule has 1 aliphatic heterocycles. The maximum absolute atomic E-state index is 12.5. The number of hydrogen-bond acceptors (Lipinski definition) is 5. The smallest absolute Gasteiger partial charge is 0.294 e. The van der Waals surface area contributed by atoms with Crippen molar-refractivity contribution in [2.75, 3.05) is 11.9 Å². The zero-order valence-corrected chi connectivity index (χ0v) is 17.2. The summed E-state index contributed by atoms with van der Waals surface area (Å²) in [6.07, 6.45) is 1.57. The van der Waals surface area contributed by atoms with Gasteiger partial charge in [-0.25, -0.2) is 0 Å². The van der Waals surface area contributed by atoms with Gasteiger partial charge in [-0.15, -0.1) is 0 Å². The lowest BCUT2D eigenvalue weighted by atomic mass is 10.2. The van der Waals surface area contributed by atoms with Gasteiger partial charge >= 0.3 is 0 Å². The number of amides is 3. The lowest BCUT2D eigenvalue weighted by Crippen LogP contribution is -2.36. The van der Waals surface area contributed by atoms with Crippen molar-refractivity contribution in [3.05, 3.63) is 62.1 Å². The van der Waals surface area contributed by atoms with Crippen molar-refractivity contribution >= 4 is 63.2 Å². The number of phenols is 1. The Bertz CT molecular complexity index is 957. The zero-order valence-electron chi connectivity index (χ0n) is 14.2. The molecule has 3 amide bonds. The minimum atomic E-state index is -0.507. The van der Waals surface area contributed by atoms with E-state index in [1.54, 1.807) is 30.3 Å². The second-order valence-electron chi connectivity index (χ2n) is 5.89. The predicted octanol–water partition coefficient (Wildman–Crippen LogP) is 3.98. The van der Waals surface area contributed by atoms with Gasteiger partial charge < -0.3 is 10.4 Å². The molecule has 2 aromatic rings. The molecule has 1 heterocycles. The number of nitrogens with one attached hydrogen (secondary N) is 1. The van der Waals surface area contributed by atoms with Gasteiger partial charge in [-0.2, -0.15) is 0 Å². The van der Waals surface area contributed by atoms with E-state index < -0.39 is 17.1 Å². The van der Waals surface area contributed by atoms with Crippen LogP contribution in [0.3, 0.4) is 0 Å². The predicted molar refractivity (Wildman–Crippen MR) is 113 cm³/mol. The van der Waals surface area contributed by atoms with Gasteiger partial charge in [-0.05, 0) is 77.2 Å². The Morgan fingerprint density at radius 1 is 1.22 bits per heavy atom. The topological polar surface area (TPSA) is 86.7 Å². The molecule has 27 heavy (non-hydrogen) atoms. The number of imide groups is 1. The van der Waals surface area contributed by atoms with Crippen molar-refractivity contribution in [3.63, 3.8) is 0 Å². The third kappa shape index (κ3) is 4.69. The fourth-order valence-corrected chi connectivity index (χ4v) is 3.76. The average Bonchev–Trinajstić information content (AvgIpc) is 2.87. The van der Waals surface area contributed by atoms with Crippen molar-refractivity contribution in [2.24, 2.45) is 0 Å². The van der Waals surface area contributed by atoms with Crippen LogP contribution in [-0.2, 0) is 9.59 Å². The average molecular weight is 494 g/mol. The maximum Gasteiger partial charge on any atom is 0.294 e. The van der Waals surface area contributed by atoms with Crippen LogP contribution in [0.15, 0.2) is 47.4 Å². The number of phenolic OH excluding ortho intramolecular Hbond substituents is 1. The Morgan fingerprint density at radius 3 is 2.59 bits per heavy atom. The summed E-state index contributed by atoms with van der Waals surface area (Å²) in [4.78, 5) is 38.0. The van der Waals surface area contributed by atoms with Crippen LogP contribution >= 0.6 is 34.4 Å². The molecule has 0 atom stereocenters. The molecule has 0 bridgehead atoms. The van der Waals surface area contributed by atoms with Crippen LogP contribution < -0.4 is 5.32 Å². The van der Waals surface area contributed by atoms with Crippen molar-refractivity contribution in [3.8, 4) is 5.75 Å². The van der Waals surface area contributed by atoms with Crippen LogP contribution in [0.1, 0.15) is 11.1 Å². The summed E-state index contributed by atoms with van der Waals surface area (Å²) in [5.74, 6) is -0.803. The van der Waals surface area contributed by atoms with Crippen LogP contribution in [-0.4, -0.2) is 33.6 Å². The van der Waals surface area contributed by atoms with Crippen LogP contribution in [0.2, 0.25) is 0 Å². The molecule has 1 saturated heterocycles. The number of halogens is 1. The highest BCUT2D eigenvalue weighted by Gasteiger charge is 2.36. The van der Waals surface area contributed by atoms with E-state index in [9.17, 15) is 19.5 Å². The number of carbonyl (C=O) groups is 3. The van der Waals surface area contributed by atoms with Crippen LogP contribution in [0.5, 0.6) is 5.75 Å². The highest BCUT2D eigenvalue weighted by atomic mass is 127. The second-order valence-corrected chi connectivity index (χ2v) is 8.05. The summed E-state index contributed by atoms with van der Waals surface area (Å²) in [5.41, 5.74) is 2.35. The number of benzene rings is 2. The van der Waals surface area contributed by atoms with E-state index in [-0.39, 0.29) is 17.2 Å². The molecule has 0 unspecified atom stereocenters. The molecule has 0 spiro atoms. The monoisotopic (exact) mass is 494 g/mol. The molecule has 8 heteroatoms. The molecule has 1 fully saturated rings. The Hall–Kier alpha value is -2.33. The molecule has 2 aromatic carbocycles. The summed E-state index contributed by atoms with van der Waals surface area (Å²) in [6.45, 7) is 1.59. The van der Waals surface area contributed by atoms with Gasteiger partial charge in [0.05, 0.1) is 8.48 Å². The molecule has 138 valence electrons. The van der Waals surface area contributed by atoms with E-state index in [2.05, 4.69) is 5.32 Å². The number of anilines is 1. The number of aromatic hydroxyl groups is 1. The van der Waals surface area contributed by atoms with E-state index in [0.717, 1.165) is 22.2 Å². The SMILES string of the molecule is Cc1ccc(NC(=O)CN2C(=O)S/C(=C/c3ccc(O)c(I)c3)C2=O)cc1. The summed E-state index contributed by atoms with van der Waals surface area (Å²) in [7, 11) is 0. The lowest BCUT2D eigenvalue weighted by Gasteiger charge is -2.12. The first-order valence-corrected chi connectivity index (χ1v) is 9.83. The molecule has 1 aliphatic rings. The summed E-state index contributed by atoms with van der Waals surface area (Å²) in [5, 5.41) is 11.8. The van der Waals surface area contributed by atoms with Gasteiger partial charge in [0.2, 0.25) is 5.91 Å². The third-order valence-corrected chi connectivity index (χ3v) is 5.55. The minimum Gasteiger partial charge on any atom is -0.507 e. The zero-order chi connectivity index (χ0) is 19.6. The van der Waals surface area contributed by atoms with E-state index in [1.807, 2.05) is 41.6 Å². The van der Waals surface area contributed by atoms with E-state index in [1.165, 1.54) is 6.07 Å². The van der Waals surface area contributed by atoms with Gasteiger partial charge in [-0.3, -0.25) is 19.3 Å². The highest BCUT2D eigenvalue weighted by molar-refractivity contribution is 14.1. The third-order valence-electron chi connectivity index (χ3n) is 3.78. The van der Waals surface area contributed by atoms with Crippen LogP contribution in [0.4, 0.5) is 10.5 Å². The van der Waals surface area contributed by atoms with Gasteiger partial charge in [0, 0.05) is 5.69 Å². The fraction of sp³-hybridized carbons (Fsp3) is 0.105. The number of carbonyl (C=O) groups excluding carboxylic acids is 3. The van der Waals surface area contributed by atoms with Crippen molar-refractivity contribution in [1.29, 1.82) is 0 Å². The number of nitrogens with zero attached hydrogens (tertiary/aromatic N) is 1. The number of aryl methyl sites for hydroxylation is 1. The van der Waals surface area contributed by atoms with Gasteiger partial charge in [0.25, 0.3) is 11.1 Å². The summed E-state index contributed by atoms with van der Waals surface area (Å²) in [6, 6.07) is 12.1. The Balaban J connectivity index is 1.70. The molecule has 0 aromatic heterocycles. The van der Waals surface area contributed by atoms with Crippen molar-refractivity contribution in [1.82, 2.24) is 4.90 Å². The molecule has 2 N–H and O–H groups in total. The number of thioether (sulfide) groups is 1. The van der Waals surface area contributed by atoms with E-state index >= 15 is 0 Å². The van der Waals surface area contributed by atoms with Crippen molar-refractivity contribution < 1.29 is 19.5 Å². The van der Waals surface area contributed by atoms with Crippen LogP contribution in [0, 0.1) is 10.5 Å². The Kier molecular flexibility index (Phi) is 5.85. The van der Waals surface area contributed by atoms with Gasteiger partial charge in [0.1, 0.15) is 12.3 Å². The summed E-state index contributed by atoms with van der Waals surface area (Å²) < 4.78 is 0.637. The minimum absolute atomic E-state index is 0.147. The first-order valence-electron chi connectivity index (χ1n) is 7.94. The van der Waals surface area contributed by atoms with E-state index in [4.69, 9.17) is 0 Å². The number of hydrogen-bond donors (Lipinski definition) is 2. The first kappa shape index (κ1) is 19.4. The molecule has 0 saturated carbocycles. The second kappa shape index (κ2) is 8.13. The van der Waals surface area contributed by atoms with E-state index in [0.29, 0.717) is 14.8 Å². The van der Waals surface area contributed by atoms with Gasteiger partial charge in [0.15, 0.2) is 0 Å². The van der Waals surface area contributed by atoms with Crippen molar-refractivity contribution in [2.45, 2.75) is 6.92 Å². The molecular weight excluding hydrogens is 479 g/mol. The molecule has 0 radical (unpaired) electrons. The Morgan fingerprint density at radius 2 is 1.93 bits per heavy atom. The molecular formula is C19H15IN2O4S. The lowest BCUT2D eigenvalue weighted by molar-refractivity contribution is -0.127. The maximum atomic E-state index is 12.5. The summed E-state index contributed by atoms with van der Waals surface area (Å²) >= 11 is 2.77. The Labute approximate surface area is 173 Å². The first-order chi connectivity index (χ1) is 12.8. The largest absolute Gasteiger partial charge is 0.507 e. The van der Waals surface area contributed by atoms with Gasteiger partial charge in [-0.1, -0.05) is 23.8 Å². The standard InChI is InChI=1S/C19H15IN2O4S/c1-11-2-5-13(6-3-11)21-17(24)10-22-18(25)16(27-19(22)26)9-12-4-7-15(23)14(20)8-12/h2-9,23H,10H2,1H3,(H,21,24)/b16-9+. The number of rotatable bonds is 4. The normalized spacial score (nSPS) is 15.5. The quantitative estimate of drug-likeness (QED) is 0.496. The fourth-order valence-electron chi connectivity index (χ4n) is 2.38. The highest BCUT2D eigenvalue weighted by Crippen LogP contribution is 2.33. The van der Waals surface area contributed by atoms with Crippen LogP contribution in [0.25, 0.3) is 6.08 Å². The molecule has 6 nitrogen and oxygen atoms in total.